The van der Waals surface area contributed by atoms with Crippen molar-refractivity contribution in [2.45, 2.75) is 58.3 Å². The van der Waals surface area contributed by atoms with Crippen LogP contribution in [0.25, 0.3) is 0 Å². The molecule has 22 heavy (non-hydrogen) atoms. The minimum Gasteiger partial charge on any atom is -0.423 e. The number of hydrogen-bond donors (Lipinski definition) is 3. The van der Waals surface area contributed by atoms with Crippen LogP contribution in [0.2, 0.25) is 0 Å². The summed E-state index contributed by atoms with van der Waals surface area (Å²) >= 11 is 0. The van der Waals surface area contributed by atoms with Crippen LogP contribution in [0.4, 0.5) is 0 Å². The Bertz CT molecular complexity index is 420. The van der Waals surface area contributed by atoms with E-state index in [0.717, 1.165) is 12.8 Å². The Morgan fingerprint density at radius 2 is 1.50 bits per heavy atom. The molecule has 5 heteroatoms. The van der Waals surface area contributed by atoms with E-state index in [1.165, 1.54) is 38.5 Å². The molecule has 3 N–H and O–H groups in total. The van der Waals surface area contributed by atoms with Crippen LogP contribution >= 0.6 is 0 Å². The lowest BCUT2D eigenvalue weighted by molar-refractivity contribution is 0.0953. The van der Waals surface area contributed by atoms with Crippen LogP contribution in [-0.4, -0.2) is 29.6 Å². The molecular weight excluding hydrogens is 277 g/mol. The maximum absolute atomic E-state index is 11.9. The van der Waals surface area contributed by atoms with E-state index in [-0.39, 0.29) is 5.91 Å². The van der Waals surface area contributed by atoms with Gasteiger partial charge >= 0.3 is 7.12 Å². The quantitative estimate of drug-likeness (QED) is 0.434. The number of hydrogen-bond acceptors (Lipinski definition) is 3. The van der Waals surface area contributed by atoms with Gasteiger partial charge in [-0.25, -0.2) is 0 Å². The van der Waals surface area contributed by atoms with Crippen molar-refractivity contribution in [1.82, 2.24) is 5.32 Å². The van der Waals surface area contributed by atoms with Crippen LogP contribution in [0, 0.1) is 0 Å². The summed E-state index contributed by atoms with van der Waals surface area (Å²) in [4.78, 5) is 11.9. The van der Waals surface area contributed by atoms with E-state index in [4.69, 9.17) is 10.0 Å². The van der Waals surface area contributed by atoms with Gasteiger partial charge in [0, 0.05) is 12.1 Å². The van der Waals surface area contributed by atoms with Crippen LogP contribution in [0.1, 0.15) is 68.6 Å². The molecule has 1 aromatic rings. The number of carbonyl (C=O) groups excluding carboxylic acids is 1. The molecule has 0 unspecified atom stereocenters. The highest BCUT2D eigenvalue weighted by Gasteiger charge is 2.11. The van der Waals surface area contributed by atoms with E-state index >= 15 is 0 Å². The zero-order valence-corrected chi connectivity index (χ0v) is 13.6. The van der Waals surface area contributed by atoms with Crippen LogP contribution in [-0.2, 0) is 0 Å². The first-order chi connectivity index (χ1) is 10.6. The Kier molecular flexibility index (Phi) is 9.59. The third-order valence-electron chi connectivity index (χ3n) is 3.79. The molecule has 0 atom stereocenters. The predicted molar refractivity (Wildman–Crippen MR) is 91.2 cm³/mol. The molecule has 0 aliphatic rings. The number of rotatable bonds is 11. The monoisotopic (exact) mass is 305 g/mol. The van der Waals surface area contributed by atoms with Gasteiger partial charge in [-0.1, -0.05) is 64.0 Å². The van der Waals surface area contributed by atoms with Gasteiger partial charge in [-0.3, -0.25) is 4.79 Å². The number of carbonyl (C=O) groups is 1. The van der Waals surface area contributed by atoms with Gasteiger partial charge < -0.3 is 15.4 Å². The lowest BCUT2D eigenvalue weighted by Gasteiger charge is -2.06. The van der Waals surface area contributed by atoms with E-state index in [9.17, 15) is 4.79 Å². The Balaban J connectivity index is 2.10. The molecule has 0 heterocycles. The molecule has 0 fully saturated rings. The molecule has 0 aliphatic carbocycles. The van der Waals surface area contributed by atoms with Gasteiger partial charge in [0.2, 0.25) is 0 Å². The van der Waals surface area contributed by atoms with E-state index in [0.29, 0.717) is 17.6 Å². The fraction of sp³-hybridized carbons (Fsp3) is 0.588. The van der Waals surface area contributed by atoms with Crippen LogP contribution < -0.4 is 10.8 Å². The second kappa shape index (κ2) is 11.3. The normalized spacial score (nSPS) is 10.5. The summed E-state index contributed by atoms with van der Waals surface area (Å²) in [6.45, 7) is 2.92. The van der Waals surface area contributed by atoms with Crippen molar-refractivity contribution < 1.29 is 14.8 Å². The fourth-order valence-corrected chi connectivity index (χ4v) is 2.37. The Labute approximate surface area is 134 Å². The minimum absolute atomic E-state index is 0.109. The first-order valence-corrected chi connectivity index (χ1v) is 8.39. The topological polar surface area (TPSA) is 69.6 Å². The maximum atomic E-state index is 11.9. The van der Waals surface area contributed by atoms with Gasteiger partial charge in [0.25, 0.3) is 5.91 Å². The number of amides is 1. The first-order valence-electron chi connectivity index (χ1n) is 8.39. The molecular formula is C17H28BNO3. The smallest absolute Gasteiger partial charge is 0.423 e. The zero-order chi connectivity index (χ0) is 16.2. The highest BCUT2D eigenvalue weighted by Crippen LogP contribution is 2.08. The molecule has 0 saturated heterocycles. The lowest BCUT2D eigenvalue weighted by Crippen LogP contribution is -2.30. The molecule has 122 valence electrons. The Morgan fingerprint density at radius 3 is 2.05 bits per heavy atom. The summed E-state index contributed by atoms with van der Waals surface area (Å²) in [5.74, 6) is -0.109. The highest BCUT2D eigenvalue weighted by molar-refractivity contribution is 6.58. The summed E-state index contributed by atoms with van der Waals surface area (Å²) in [6, 6.07) is 6.32. The molecule has 0 aromatic heterocycles. The molecule has 0 radical (unpaired) electrons. The van der Waals surface area contributed by atoms with E-state index in [1.807, 2.05) is 0 Å². The van der Waals surface area contributed by atoms with Crippen molar-refractivity contribution in [2.75, 3.05) is 6.54 Å². The van der Waals surface area contributed by atoms with Gasteiger partial charge in [0.05, 0.1) is 0 Å². The van der Waals surface area contributed by atoms with Crippen LogP contribution in [0.3, 0.4) is 0 Å². The Hall–Kier alpha value is -1.33. The number of nitrogens with one attached hydrogen (secondary N) is 1. The third-order valence-corrected chi connectivity index (χ3v) is 3.79. The second-order valence-electron chi connectivity index (χ2n) is 5.73. The largest absolute Gasteiger partial charge is 0.488 e. The second-order valence-corrected chi connectivity index (χ2v) is 5.73. The van der Waals surface area contributed by atoms with Gasteiger partial charge in [-0.2, -0.15) is 0 Å². The molecule has 0 spiro atoms. The van der Waals surface area contributed by atoms with Gasteiger partial charge in [-0.15, -0.1) is 0 Å². The number of unbranched alkanes of at least 4 members (excludes halogenated alkanes) is 7. The van der Waals surface area contributed by atoms with Crippen molar-refractivity contribution in [3.63, 3.8) is 0 Å². The summed E-state index contributed by atoms with van der Waals surface area (Å²) < 4.78 is 0. The van der Waals surface area contributed by atoms with Gasteiger partial charge in [-0.05, 0) is 24.0 Å². The van der Waals surface area contributed by atoms with E-state index in [2.05, 4.69) is 12.2 Å². The maximum Gasteiger partial charge on any atom is 0.488 e. The molecule has 1 rings (SSSR count). The Morgan fingerprint density at radius 1 is 0.955 bits per heavy atom. The number of benzene rings is 1. The zero-order valence-electron chi connectivity index (χ0n) is 13.6. The van der Waals surface area contributed by atoms with Crippen molar-refractivity contribution in [2.24, 2.45) is 0 Å². The molecule has 0 aliphatic heterocycles. The van der Waals surface area contributed by atoms with Crippen molar-refractivity contribution in [1.29, 1.82) is 0 Å². The average molecular weight is 305 g/mol. The summed E-state index contributed by atoms with van der Waals surface area (Å²) in [5, 5.41) is 20.9. The average Bonchev–Trinajstić information content (AvgIpc) is 2.53. The van der Waals surface area contributed by atoms with Crippen molar-refractivity contribution >= 4 is 18.5 Å². The van der Waals surface area contributed by atoms with Crippen molar-refractivity contribution in [3.8, 4) is 0 Å². The van der Waals surface area contributed by atoms with Crippen LogP contribution in [0.5, 0.6) is 0 Å². The van der Waals surface area contributed by atoms with Gasteiger partial charge in [0.1, 0.15) is 0 Å². The molecule has 1 amide bonds. The third kappa shape index (κ3) is 7.62. The highest BCUT2D eigenvalue weighted by atomic mass is 16.4. The standard InChI is InChI=1S/C17H28BNO3/c1-2-3-4-5-6-7-8-9-14-19-17(20)15-10-12-16(13-11-15)18(21)22/h10-13,21-22H,2-9,14H2,1H3,(H,19,20). The van der Waals surface area contributed by atoms with E-state index < -0.39 is 7.12 Å². The van der Waals surface area contributed by atoms with E-state index in [1.54, 1.807) is 24.3 Å². The summed E-state index contributed by atoms with van der Waals surface area (Å²) in [5.41, 5.74) is 0.934. The fourth-order valence-electron chi connectivity index (χ4n) is 2.37. The molecule has 0 saturated carbocycles. The molecule has 4 nitrogen and oxygen atoms in total. The minimum atomic E-state index is -1.49. The SMILES string of the molecule is CCCCCCCCCCNC(=O)c1ccc(B(O)O)cc1. The molecule has 0 bridgehead atoms. The summed E-state index contributed by atoms with van der Waals surface area (Å²) in [7, 11) is -1.49. The predicted octanol–water partition coefficient (Wildman–Crippen LogP) is 2.24. The first kappa shape index (κ1) is 18.7. The van der Waals surface area contributed by atoms with Gasteiger partial charge in [0.15, 0.2) is 0 Å². The lowest BCUT2D eigenvalue weighted by atomic mass is 9.80. The summed E-state index contributed by atoms with van der Waals surface area (Å²) in [6.07, 6.45) is 9.97. The molecule has 1 aromatic carbocycles. The van der Waals surface area contributed by atoms with Crippen molar-refractivity contribution in [3.05, 3.63) is 29.8 Å². The van der Waals surface area contributed by atoms with Crippen LogP contribution in [0.15, 0.2) is 24.3 Å².